The second-order valence-corrected chi connectivity index (χ2v) is 9.65. The van der Waals surface area contributed by atoms with Crippen molar-refractivity contribution in [2.75, 3.05) is 0 Å². The van der Waals surface area contributed by atoms with Crippen molar-refractivity contribution in [2.45, 2.75) is 48.0 Å². The zero-order valence-electron chi connectivity index (χ0n) is 20.3. The molecule has 0 spiro atoms. The molecular weight excluding hydrogens is 405 g/mol. The SMILES string of the molecule is CC1=CCC(C)=C(c2ccc3c(c2)c2cc(-c4c(C)cc(C)cc4C)ccc2n3F)C(C)=C1. The Morgan fingerprint density at radius 3 is 1.94 bits per heavy atom. The monoisotopic (exact) mass is 435 g/mol. The first-order chi connectivity index (χ1) is 15.7. The molecule has 0 radical (unpaired) electrons. The molecular formula is C31H30FN. The first-order valence-corrected chi connectivity index (χ1v) is 11.6. The van der Waals surface area contributed by atoms with Crippen molar-refractivity contribution >= 4 is 27.4 Å². The fourth-order valence-corrected chi connectivity index (χ4v) is 5.62. The number of aryl methyl sites for hydroxylation is 3. The number of hydrogen-bond donors (Lipinski definition) is 0. The number of aromatic nitrogens is 1. The van der Waals surface area contributed by atoms with Gasteiger partial charge in [0.05, 0.1) is 11.0 Å². The number of benzene rings is 3. The molecule has 0 saturated carbocycles. The van der Waals surface area contributed by atoms with Crippen LogP contribution in [-0.4, -0.2) is 4.79 Å². The molecule has 4 aromatic rings. The fourth-order valence-electron chi connectivity index (χ4n) is 5.62. The maximum Gasteiger partial charge on any atom is 0.0826 e. The van der Waals surface area contributed by atoms with Crippen LogP contribution in [0.25, 0.3) is 38.5 Å². The minimum atomic E-state index is 0.615. The van der Waals surface area contributed by atoms with Crippen LogP contribution in [0.4, 0.5) is 4.48 Å². The van der Waals surface area contributed by atoms with Crippen LogP contribution >= 0.6 is 0 Å². The summed E-state index contributed by atoms with van der Waals surface area (Å²) in [7, 11) is 0. The van der Waals surface area contributed by atoms with Gasteiger partial charge >= 0.3 is 0 Å². The van der Waals surface area contributed by atoms with Gasteiger partial charge in [-0.3, -0.25) is 0 Å². The van der Waals surface area contributed by atoms with Crippen LogP contribution in [0.1, 0.15) is 49.4 Å². The fraction of sp³-hybridized carbons (Fsp3) is 0.226. The van der Waals surface area contributed by atoms with Gasteiger partial charge < -0.3 is 0 Å². The van der Waals surface area contributed by atoms with E-state index in [9.17, 15) is 0 Å². The van der Waals surface area contributed by atoms with E-state index in [1.165, 1.54) is 44.5 Å². The first kappa shape index (κ1) is 21.5. The highest BCUT2D eigenvalue weighted by molar-refractivity contribution is 6.10. The lowest BCUT2D eigenvalue weighted by molar-refractivity contribution is 0.405. The lowest BCUT2D eigenvalue weighted by atomic mass is 9.91. The highest BCUT2D eigenvalue weighted by atomic mass is 19.2. The molecule has 0 N–H and O–H groups in total. The van der Waals surface area contributed by atoms with Crippen LogP contribution in [0.3, 0.4) is 0 Å². The minimum absolute atomic E-state index is 0.615. The second-order valence-electron chi connectivity index (χ2n) is 9.65. The van der Waals surface area contributed by atoms with Crippen LogP contribution < -0.4 is 0 Å². The molecule has 1 heterocycles. The maximum absolute atomic E-state index is 15.3. The molecule has 1 aliphatic carbocycles. The van der Waals surface area contributed by atoms with E-state index >= 15 is 4.48 Å². The Hall–Kier alpha value is -3.39. The van der Waals surface area contributed by atoms with Gasteiger partial charge in [0.1, 0.15) is 0 Å². The summed E-state index contributed by atoms with van der Waals surface area (Å²) >= 11 is 0. The van der Waals surface area contributed by atoms with Gasteiger partial charge in [-0.05, 0) is 111 Å². The number of rotatable bonds is 2. The molecule has 0 bridgehead atoms. The van der Waals surface area contributed by atoms with E-state index in [1.807, 2.05) is 18.2 Å². The molecule has 0 saturated heterocycles. The molecule has 3 aromatic carbocycles. The molecule has 0 aliphatic heterocycles. The van der Waals surface area contributed by atoms with Crippen molar-refractivity contribution in [2.24, 2.45) is 0 Å². The highest BCUT2D eigenvalue weighted by Gasteiger charge is 2.17. The van der Waals surface area contributed by atoms with Crippen molar-refractivity contribution in [3.05, 3.63) is 99.7 Å². The third-order valence-corrected chi connectivity index (χ3v) is 6.96. The van der Waals surface area contributed by atoms with Crippen molar-refractivity contribution in [1.29, 1.82) is 0 Å². The van der Waals surface area contributed by atoms with Gasteiger partial charge in [-0.1, -0.05) is 57.6 Å². The summed E-state index contributed by atoms with van der Waals surface area (Å²) in [6, 6.07) is 16.7. The van der Waals surface area contributed by atoms with Crippen LogP contribution in [-0.2, 0) is 0 Å². The maximum atomic E-state index is 15.3. The summed E-state index contributed by atoms with van der Waals surface area (Å²) in [6.45, 7) is 13.0. The van der Waals surface area contributed by atoms with Gasteiger partial charge in [0.25, 0.3) is 0 Å². The van der Waals surface area contributed by atoms with E-state index in [0.29, 0.717) is 11.0 Å². The molecule has 33 heavy (non-hydrogen) atoms. The Balaban J connectivity index is 1.75. The predicted molar refractivity (Wildman–Crippen MR) is 140 cm³/mol. The molecule has 5 rings (SSSR count). The Kier molecular flexibility index (Phi) is 5.12. The average Bonchev–Trinajstić information content (AvgIpc) is 2.95. The Morgan fingerprint density at radius 2 is 1.30 bits per heavy atom. The van der Waals surface area contributed by atoms with E-state index in [1.54, 1.807) is 0 Å². The van der Waals surface area contributed by atoms with E-state index in [4.69, 9.17) is 0 Å². The summed E-state index contributed by atoms with van der Waals surface area (Å²) in [5.74, 6) is 0. The lowest BCUT2D eigenvalue weighted by Gasteiger charge is -2.13. The number of fused-ring (bicyclic) bond motifs is 3. The number of hydrogen-bond acceptors (Lipinski definition) is 0. The lowest BCUT2D eigenvalue weighted by Crippen LogP contribution is -1.91. The smallest absolute Gasteiger partial charge is 0.0826 e. The zero-order chi connectivity index (χ0) is 23.4. The van der Waals surface area contributed by atoms with Crippen molar-refractivity contribution in [3.8, 4) is 11.1 Å². The third-order valence-electron chi connectivity index (χ3n) is 6.96. The van der Waals surface area contributed by atoms with Gasteiger partial charge in [0, 0.05) is 10.8 Å². The largest absolute Gasteiger partial charge is 0.179 e. The molecule has 0 fully saturated rings. The molecule has 166 valence electrons. The van der Waals surface area contributed by atoms with Gasteiger partial charge in [-0.15, -0.1) is 0 Å². The summed E-state index contributed by atoms with van der Waals surface area (Å²) in [4.78, 5) is 0.829. The molecule has 2 heteroatoms. The number of halogens is 1. The number of allylic oxidation sites excluding steroid dienone is 6. The molecule has 0 unspecified atom stereocenters. The van der Waals surface area contributed by atoms with Gasteiger partial charge in [0.15, 0.2) is 0 Å². The van der Waals surface area contributed by atoms with Crippen LogP contribution in [0, 0.1) is 20.8 Å². The topological polar surface area (TPSA) is 4.93 Å². The van der Waals surface area contributed by atoms with Gasteiger partial charge in [-0.2, -0.15) is 4.79 Å². The highest BCUT2D eigenvalue weighted by Crippen LogP contribution is 2.38. The number of nitrogens with zero attached hydrogens (tertiary/aromatic N) is 1. The first-order valence-electron chi connectivity index (χ1n) is 11.6. The second kappa shape index (κ2) is 7.88. The molecule has 0 amide bonds. The molecule has 1 aromatic heterocycles. The molecule has 0 atom stereocenters. The summed E-state index contributed by atoms with van der Waals surface area (Å²) in [5, 5.41) is 1.91. The van der Waals surface area contributed by atoms with Crippen LogP contribution in [0.15, 0.2) is 77.4 Å². The summed E-state index contributed by atoms with van der Waals surface area (Å²) < 4.78 is 15.3. The van der Waals surface area contributed by atoms with E-state index in [0.717, 1.165) is 33.1 Å². The Labute approximate surface area is 195 Å². The van der Waals surface area contributed by atoms with Gasteiger partial charge in [-0.25, -0.2) is 0 Å². The normalized spacial score (nSPS) is 14.6. The summed E-state index contributed by atoms with van der Waals surface area (Å²) in [6.07, 6.45) is 5.46. The average molecular weight is 436 g/mol. The van der Waals surface area contributed by atoms with E-state index in [2.05, 4.69) is 84.0 Å². The Morgan fingerprint density at radius 1 is 0.727 bits per heavy atom. The van der Waals surface area contributed by atoms with Crippen molar-refractivity contribution in [3.63, 3.8) is 0 Å². The molecule has 1 aliphatic rings. The van der Waals surface area contributed by atoms with Crippen molar-refractivity contribution in [1.82, 2.24) is 4.79 Å². The minimum Gasteiger partial charge on any atom is -0.179 e. The Bertz CT molecular complexity index is 1520. The van der Waals surface area contributed by atoms with Gasteiger partial charge in [0.2, 0.25) is 0 Å². The van der Waals surface area contributed by atoms with Crippen molar-refractivity contribution < 1.29 is 4.48 Å². The molecule has 1 nitrogen and oxygen atoms in total. The zero-order valence-corrected chi connectivity index (χ0v) is 20.3. The summed E-state index contributed by atoms with van der Waals surface area (Å²) in [5.41, 5.74) is 13.7. The van der Waals surface area contributed by atoms with Crippen LogP contribution in [0.5, 0.6) is 0 Å². The standard InChI is InChI=1S/C31H30FN/c1-18-7-8-20(3)30(21(4)13-18)24-9-11-28-26(16-24)27-17-25(10-12-29(27)33(28)32)31-22(5)14-19(2)15-23(31)6/h7,9-17H,8H2,1-6H3. The quantitative estimate of drug-likeness (QED) is 0.296. The van der Waals surface area contributed by atoms with E-state index in [-0.39, 0.29) is 0 Å². The third kappa shape index (κ3) is 3.54. The van der Waals surface area contributed by atoms with E-state index < -0.39 is 0 Å². The predicted octanol–water partition coefficient (Wildman–Crippen LogP) is 9.19. The van der Waals surface area contributed by atoms with Crippen LogP contribution in [0.2, 0.25) is 0 Å².